The van der Waals surface area contributed by atoms with Crippen LogP contribution in [0.25, 0.3) is 10.9 Å². The molecule has 140 valence electrons. The minimum absolute atomic E-state index is 0.103. The first-order valence-corrected chi connectivity index (χ1v) is 8.89. The Balaban J connectivity index is 1.55. The van der Waals surface area contributed by atoms with Crippen LogP contribution in [0.15, 0.2) is 65.8 Å². The van der Waals surface area contributed by atoms with Crippen LogP contribution in [0.5, 0.6) is 5.88 Å². The standard InChI is InChI=1S/C22H19FN4O/c1-14-11-15(8-9-19(14)26-12-16-5-2-3-10-24-16)25-13-17-21-18(23)6-4-7-20(21)27-22(17)28/h2-11,13,26-28H,12H2,1H3. The zero-order chi connectivity index (χ0) is 19.5. The van der Waals surface area contributed by atoms with Crippen LogP contribution >= 0.6 is 0 Å². The lowest BCUT2D eigenvalue weighted by Gasteiger charge is -2.09. The number of anilines is 1. The summed E-state index contributed by atoms with van der Waals surface area (Å²) >= 11 is 0. The van der Waals surface area contributed by atoms with Gasteiger partial charge in [-0.3, -0.25) is 9.98 Å². The van der Waals surface area contributed by atoms with Crippen molar-refractivity contribution in [2.45, 2.75) is 13.5 Å². The van der Waals surface area contributed by atoms with Gasteiger partial charge in [-0.15, -0.1) is 0 Å². The van der Waals surface area contributed by atoms with E-state index in [-0.39, 0.29) is 5.88 Å². The van der Waals surface area contributed by atoms with E-state index in [4.69, 9.17) is 0 Å². The number of aliphatic imine (C=N–C) groups is 1. The van der Waals surface area contributed by atoms with Gasteiger partial charge in [0.15, 0.2) is 5.88 Å². The smallest absolute Gasteiger partial charge is 0.198 e. The molecule has 6 heteroatoms. The van der Waals surface area contributed by atoms with Crippen molar-refractivity contribution < 1.29 is 9.50 Å². The average molecular weight is 374 g/mol. The van der Waals surface area contributed by atoms with Gasteiger partial charge in [0.2, 0.25) is 0 Å². The Bertz CT molecular complexity index is 1150. The van der Waals surface area contributed by atoms with Crippen LogP contribution in [0.1, 0.15) is 16.8 Å². The number of aromatic nitrogens is 2. The molecule has 3 N–H and O–H groups in total. The average Bonchev–Trinajstić information content (AvgIpc) is 3.03. The number of nitrogens with zero attached hydrogens (tertiary/aromatic N) is 2. The van der Waals surface area contributed by atoms with E-state index in [0.29, 0.717) is 28.7 Å². The summed E-state index contributed by atoms with van der Waals surface area (Å²) < 4.78 is 14.1. The molecule has 0 aliphatic carbocycles. The summed E-state index contributed by atoms with van der Waals surface area (Å²) in [7, 11) is 0. The van der Waals surface area contributed by atoms with Crippen LogP contribution in [0.4, 0.5) is 15.8 Å². The molecule has 5 nitrogen and oxygen atoms in total. The van der Waals surface area contributed by atoms with E-state index in [0.717, 1.165) is 16.9 Å². The number of fused-ring (bicyclic) bond motifs is 1. The van der Waals surface area contributed by atoms with Crippen molar-refractivity contribution in [3.8, 4) is 5.88 Å². The van der Waals surface area contributed by atoms with Gasteiger partial charge in [-0.2, -0.15) is 0 Å². The molecule has 0 unspecified atom stereocenters. The van der Waals surface area contributed by atoms with Gasteiger partial charge < -0.3 is 15.4 Å². The zero-order valence-electron chi connectivity index (χ0n) is 15.3. The Morgan fingerprint density at radius 1 is 1.18 bits per heavy atom. The van der Waals surface area contributed by atoms with Gasteiger partial charge in [-0.25, -0.2) is 4.39 Å². The lowest BCUT2D eigenvalue weighted by molar-refractivity contribution is 0.457. The van der Waals surface area contributed by atoms with E-state index in [2.05, 4.69) is 20.3 Å². The third kappa shape index (κ3) is 3.57. The minimum atomic E-state index is -0.402. The molecule has 4 rings (SSSR count). The highest BCUT2D eigenvalue weighted by molar-refractivity contribution is 6.02. The quantitative estimate of drug-likeness (QED) is 0.427. The van der Waals surface area contributed by atoms with Crippen molar-refractivity contribution >= 4 is 28.5 Å². The van der Waals surface area contributed by atoms with Crippen LogP contribution in [-0.4, -0.2) is 21.3 Å². The highest BCUT2D eigenvalue weighted by Crippen LogP contribution is 2.29. The summed E-state index contributed by atoms with van der Waals surface area (Å²) in [5.41, 5.74) is 4.56. The molecule has 0 spiro atoms. The van der Waals surface area contributed by atoms with Crippen molar-refractivity contribution in [1.29, 1.82) is 0 Å². The third-order valence-electron chi connectivity index (χ3n) is 4.53. The van der Waals surface area contributed by atoms with Crippen LogP contribution in [0.3, 0.4) is 0 Å². The van der Waals surface area contributed by atoms with Crippen molar-refractivity contribution in [2.75, 3.05) is 5.32 Å². The SMILES string of the molecule is Cc1cc(N=Cc2c(O)[nH]c3cccc(F)c23)ccc1NCc1ccccn1. The fourth-order valence-corrected chi connectivity index (χ4v) is 3.10. The maximum Gasteiger partial charge on any atom is 0.198 e. The first-order valence-electron chi connectivity index (χ1n) is 8.89. The molecule has 0 atom stereocenters. The van der Waals surface area contributed by atoms with E-state index >= 15 is 0 Å². The number of benzene rings is 2. The molecule has 0 fully saturated rings. The Morgan fingerprint density at radius 2 is 2.07 bits per heavy atom. The highest BCUT2D eigenvalue weighted by atomic mass is 19.1. The van der Waals surface area contributed by atoms with E-state index < -0.39 is 5.82 Å². The van der Waals surface area contributed by atoms with Crippen molar-refractivity contribution in [2.24, 2.45) is 4.99 Å². The van der Waals surface area contributed by atoms with Gasteiger partial charge >= 0.3 is 0 Å². The largest absolute Gasteiger partial charge is 0.494 e. The summed E-state index contributed by atoms with van der Waals surface area (Å²) in [4.78, 5) is 11.5. The summed E-state index contributed by atoms with van der Waals surface area (Å²) in [5.74, 6) is -0.505. The van der Waals surface area contributed by atoms with Crippen molar-refractivity contribution in [1.82, 2.24) is 9.97 Å². The molecule has 0 radical (unpaired) electrons. The first kappa shape index (κ1) is 17.7. The maximum atomic E-state index is 14.1. The molecular formula is C22H19FN4O. The van der Waals surface area contributed by atoms with E-state index in [1.54, 1.807) is 18.3 Å². The molecule has 0 amide bonds. The second-order valence-corrected chi connectivity index (χ2v) is 6.48. The molecule has 0 aliphatic rings. The molecule has 0 saturated carbocycles. The van der Waals surface area contributed by atoms with Gasteiger partial charge in [0.05, 0.1) is 29.0 Å². The summed E-state index contributed by atoms with van der Waals surface area (Å²) in [5, 5.41) is 13.8. The van der Waals surface area contributed by atoms with Crippen LogP contribution in [-0.2, 0) is 6.54 Å². The Morgan fingerprint density at radius 3 is 2.86 bits per heavy atom. The number of aromatic hydroxyl groups is 1. The summed E-state index contributed by atoms with van der Waals surface area (Å²) in [6, 6.07) is 16.2. The fourth-order valence-electron chi connectivity index (χ4n) is 3.10. The van der Waals surface area contributed by atoms with Crippen LogP contribution in [0.2, 0.25) is 0 Å². The number of hydrogen-bond acceptors (Lipinski definition) is 4. The predicted molar refractivity (Wildman–Crippen MR) is 110 cm³/mol. The Kier molecular flexibility index (Phi) is 4.76. The van der Waals surface area contributed by atoms with Gasteiger partial charge in [0.1, 0.15) is 5.82 Å². The monoisotopic (exact) mass is 374 g/mol. The Labute approximate surface area is 161 Å². The molecule has 4 aromatic rings. The third-order valence-corrected chi connectivity index (χ3v) is 4.53. The number of nitrogens with one attached hydrogen (secondary N) is 2. The van der Waals surface area contributed by atoms with Gasteiger partial charge in [-0.05, 0) is 55.0 Å². The second-order valence-electron chi connectivity index (χ2n) is 6.48. The van der Waals surface area contributed by atoms with E-state index in [1.165, 1.54) is 12.3 Å². The number of aromatic amines is 1. The Hall–Kier alpha value is -3.67. The number of rotatable bonds is 5. The van der Waals surface area contributed by atoms with Crippen molar-refractivity contribution in [3.63, 3.8) is 0 Å². The van der Waals surface area contributed by atoms with Gasteiger partial charge in [0, 0.05) is 23.5 Å². The van der Waals surface area contributed by atoms with Gasteiger partial charge in [0.25, 0.3) is 0 Å². The first-order chi connectivity index (χ1) is 13.6. The molecular weight excluding hydrogens is 355 g/mol. The summed E-state index contributed by atoms with van der Waals surface area (Å²) in [6.07, 6.45) is 3.25. The van der Waals surface area contributed by atoms with Crippen molar-refractivity contribution in [3.05, 3.63) is 83.4 Å². The topological polar surface area (TPSA) is 73.3 Å². The second kappa shape index (κ2) is 7.52. The summed E-state index contributed by atoms with van der Waals surface area (Å²) in [6.45, 7) is 2.62. The molecule has 2 aromatic carbocycles. The molecule has 2 heterocycles. The molecule has 0 bridgehead atoms. The van der Waals surface area contributed by atoms with E-state index in [9.17, 15) is 9.50 Å². The number of aryl methyl sites for hydroxylation is 1. The fraction of sp³-hybridized carbons (Fsp3) is 0.0909. The molecule has 0 saturated heterocycles. The molecule has 28 heavy (non-hydrogen) atoms. The zero-order valence-corrected chi connectivity index (χ0v) is 15.3. The highest BCUT2D eigenvalue weighted by Gasteiger charge is 2.12. The van der Waals surface area contributed by atoms with Gasteiger partial charge in [-0.1, -0.05) is 12.1 Å². The minimum Gasteiger partial charge on any atom is -0.494 e. The lowest BCUT2D eigenvalue weighted by atomic mass is 10.1. The van der Waals surface area contributed by atoms with Crippen LogP contribution in [0, 0.1) is 12.7 Å². The number of halogens is 1. The van der Waals surface area contributed by atoms with E-state index in [1.807, 2.05) is 43.3 Å². The number of H-pyrrole nitrogens is 1. The van der Waals surface area contributed by atoms with Crippen LogP contribution < -0.4 is 5.32 Å². The molecule has 0 aliphatic heterocycles. The number of pyridine rings is 1. The lowest BCUT2D eigenvalue weighted by Crippen LogP contribution is -2.02. The normalized spacial score (nSPS) is 11.4. The maximum absolute atomic E-state index is 14.1. The predicted octanol–water partition coefficient (Wildman–Crippen LogP) is 5.08. The molecule has 2 aromatic heterocycles. The number of hydrogen-bond donors (Lipinski definition) is 3.